The van der Waals surface area contributed by atoms with Crippen LogP contribution in [0.25, 0.3) is 0 Å². The van der Waals surface area contributed by atoms with Gasteiger partial charge in [-0.3, -0.25) is 0 Å². The second kappa shape index (κ2) is 4.30. The highest BCUT2D eigenvalue weighted by Crippen LogP contribution is 2.34. The van der Waals surface area contributed by atoms with Crippen molar-refractivity contribution in [2.24, 2.45) is 11.8 Å². The Morgan fingerprint density at radius 3 is 1.08 bits per heavy atom. The Morgan fingerprint density at radius 2 is 0.750 bits per heavy atom. The monoisotopic (exact) mass is 166 g/mol. The highest BCUT2D eigenvalue weighted by molar-refractivity contribution is 4.72. The van der Waals surface area contributed by atoms with Gasteiger partial charge in [-0.1, -0.05) is 64.2 Å². The van der Waals surface area contributed by atoms with Crippen LogP contribution in [0.15, 0.2) is 0 Å². The van der Waals surface area contributed by atoms with Gasteiger partial charge in [-0.15, -0.1) is 0 Å². The lowest BCUT2D eigenvalue weighted by atomic mass is 9.78. The van der Waals surface area contributed by atoms with E-state index >= 15 is 0 Å². The van der Waals surface area contributed by atoms with E-state index in [2.05, 4.69) is 0 Å². The van der Waals surface area contributed by atoms with Gasteiger partial charge in [0, 0.05) is 0 Å². The molecule has 70 valence electrons. The molecule has 0 aromatic heterocycles. The van der Waals surface area contributed by atoms with Crippen LogP contribution in [0.5, 0.6) is 0 Å². The van der Waals surface area contributed by atoms with E-state index in [4.69, 9.17) is 0 Å². The smallest absolute Gasteiger partial charge is 0.0414 e. The molecule has 0 amide bonds. The first-order chi connectivity index (χ1) is 5.95. The molecule has 0 atom stereocenters. The molecular formula is C12H22. The van der Waals surface area contributed by atoms with E-state index in [-0.39, 0.29) is 0 Å². The summed E-state index contributed by atoms with van der Waals surface area (Å²) in [7, 11) is 0. The van der Waals surface area contributed by atoms with Crippen LogP contribution < -0.4 is 0 Å². The van der Waals surface area contributed by atoms with Gasteiger partial charge in [0.15, 0.2) is 0 Å². The fourth-order valence-electron chi connectivity index (χ4n) is 3.07. The first-order valence-corrected chi connectivity index (χ1v) is 5.95. The Balaban J connectivity index is 1.93. The molecule has 0 aliphatic heterocycles. The molecule has 0 heterocycles. The molecule has 12 heavy (non-hydrogen) atoms. The lowest BCUT2D eigenvalue weighted by molar-refractivity contribution is 0.254. The Labute approximate surface area is 76.7 Å². The maximum absolute atomic E-state index is 1.56. The number of hydrogen-bond donors (Lipinski definition) is 0. The molecule has 0 nitrogen and oxygen atoms in total. The third-order valence-corrected chi connectivity index (χ3v) is 3.93. The Kier molecular flexibility index (Phi) is 3.08. The second-order valence-electron chi connectivity index (χ2n) is 4.88. The standard InChI is InChI=1S/C12H22/c1-2-6-12-8-4-3-7-11(5-1)9-10-12/h11-12H,1-10H2. The van der Waals surface area contributed by atoms with Crippen molar-refractivity contribution in [3.05, 3.63) is 0 Å². The van der Waals surface area contributed by atoms with Crippen molar-refractivity contribution in [3.63, 3.8) is 0 Å². The molecule has 0 unspecified atom stereocenters. The van der Waals surface area contributed by atoms with Crippen molar-refractivity contribution in [3.8, 4) is 0 Å². The first-order valence-electron chi connectivity index (χ1n) is 5.95. The first kappa shape index (κ1) is 8.59. The van der Waals surface area contributed by atoms with Gasteiger partial charge in [-0.05, 0) is 11.8 Å². The van der Waals surface area contributed by atoms with Crippen LogP contribution >= 0.6 is 0 Å². The molecule has 2 aliphatic rings. The third kappa shape index (κ3) is 2.24. The lowest BCUT2D eigenvalue weighted by Crippen LogP contribution is -2.13. The summed E-state index contributed by atoms with van der Waals surface area (Å²) in [6.07, 6.45) is 15.4. The average molecular weight is 166 g/mol. The molecule has 2 saturated carbocycles. The van der Waals surface area contributed by atoms with Crippen LogP contribution in [0, 0.1) is 11.8 Å². The van der Waals surface area contributed by atoms with E-state index in [0.717, 1.165) is 11.8 Å². The summed E-state index contributed by atoms with van der Waals surface area (Å²) in [6, 6.07) is 0. The van der Waals surface area contributed by atoms with Crippen LogP contribution in [-0.2, 0) is 0 Å². The van der Waals surface area contributed by atoms with Crippen molar-refractivity contribution >= 4 is 0 Å². The van der Waals surface area contributed by atoms with Gasteiger partial charge in [0.05, 0.1) is 0 Å². The summed E-state index contributed by atoms with van der Waals surface area (Å²) >= 11 is 0. The molecule has 0 radical (unpaired) electrons. The highest BCUT2D eigenvalue weighted by Gasteiger charge is 2.19. The molecule has 0 heteroatoms. The van der Waals surface area contributed by atoms with Gasteiger partial charge < -0.3 is 0 Å². The number of fused-ring (bicyclic) bond motifs is 3. The zero-order valence-electron chi connectivity index (χ0n) is 8.23. The molecule has 2 aliphatic carbocycles. The normalized spacial score (nSPS) is 38.0. The quantitative estimate of drug-likeness (QED) is 0.507. The van der Waals surface area contributed by atoms with Crippen LogP contribution in [0.4, 0.5) is 0 Å². The van der Waals surface area contributed by atoms with E-state index in [1.165, 1.54) is 25.7 Å². The summed E-state index contributed by atoms with van der Waals surface area (Å²) in [5, 5.41) is 0. The van der Waals surface area contributed by atoms with Crippen molar-refractivity contribution in [2.45, 2.75) is 64.2 Å². The zero-order chi connectivity index (χ0) is 8.23. The lowest BCUT2D eigenvalue weighted by Gasteiger charge is -2.28. The van der Waals surface area contributed by atoms with Crippen LogP contribution in [-0.4, -0.2) is 0 Å². The number of hydrogen-bond acceptors (Lipinski definition) is 0. The molecule has 2 fully saturated rings. The predicted octanol–water partition coefficient (Wildman–Crippen LogP) is 4.15. The Hall–Kier alpha value is 0. The summed E-state index contributed by atoms with van der Waals surface area (Å²) in [4.78, 5) is 0. The largest absolute Gasteiger partial charge is 0.0530 e. The fraction of sp³-hybridized carbons (Fsp3) is 1.00. The van der Waals surface area contributed by atoms with Crippen LogP contribution in [0.2, 0.25) is 0 Å². The molecule has 0 aromatic rings. The highest BCUT2D eigenvalue weighted by atomic mass is 14.2. The number of rotatable bonds is 0. The Bertz CT molecular complexity index is 100. The summed E-state index contributed by atoms with van der Waals surface area (Å²) in [5.41, 5.74) is 0. The van der Waals surface area contributed by atoms with Gasteiger partial charge in [0.25, 0.3) is 0 Å². The maximum atomic E-state index is 1.56. The van der Waals surface area contributed by atoms with Crippen LogP contribution in [0.1, 0.15) is 64.2 Å². The van der Waals surface area contributed by atoms with Gasteiger partial charge in [0.1, 0.15) is 0 Å². The second-order valence-corrected chi connectivity index (χ2v) is 4.88. The molecule has 0 N–H and O–H groups in total. The van der Waals surface area contributed by atoms with Crippen LogP contribution in [0.3, 0.4) is 0 Å². The SMILES string of the molecule is C1CCC2CCCCC(C1)CC2. The maximum Gasteiger partial charge on any atom is -0.0414 e. The molecule has 0 aromatic carbocycles. The minimum Gasteiger partial charge on any atom is -0.0530 e. The molecule has 0 saturated heterocycles. The predicted molar refractivity (Wildman–Crippen MR) is 53.2 cm³/mol. The van der Waals surface area contributed by atoms with Gasteiger partial charge >= 0.3 is 0 Å². The summed E-state index contributed by atoms with van der Waals surface area (Å²) in [6.45, 7) is 0. The van der Waals surface area contributed by atoms with Gasteiger partial charge in [-0.2, -0.15) is 0 Å². The van der Waals surface area contributed by atoms with E-state index in [1.54, 1.807) is 38.5 Å². The topological polar surface area (TPSA) is 0 Å². The minimum absolute atomic E-state index is 1.12. The molecular weight excluding hydrogens is 144 g/mol. The van der Waals surface area contributed by atoms with E-state index < -0.39 is 0 Å². The zero-order valence-corrected chi connectivity index (χ0v) is 8.23. The molecule has 2 rings (SSSR count). The molecule has 0 spiro atoms. The Morgan fingerprint density at radius 1 is 0.417 bits per heavy atom. The average Bonchev–Trinajstić information content (AvgIpc) is 2.03. The van der Waals surface area contributed by atoms with E-state index in [0.29, 0.717) is 0 Å². The van der Waals surface area contributed by atoms with Crippen molar-refractivity contribution < 1.29 is 0 Å². The minimum atomic E-state index is 1.12. The van der Waals surface area contributed by atoms with Gasteiger partial charge in [0.2, 0.25) is 0 Å². The van der Waals surface area contributed by atoms with Crippen molar-refractivity contribution in [1.82, 2.24) is 0 Å². The molecule has 2 bridgehead atoms. The van der Waals surface area contributed by atoms with Gasteiger partial charge in [-0.25, -0.2) is 0 Å². The summed E-state index contributed by atoms with van der Waals surface area (Å²) < 4.78 is 0. The van der Waals surface area contributed by atoms with Crippen molar-refractivity contribution in [2.75, 3.05) is 0 Å². The fourth-order valence-corrected chi connectivity index (χ4v) is 3.07. The van der Waals surface area contributed by atoms with Crippen molar-refractivity contribution in [1.29, 1.82) is 0 Å². The third-order valence-electron chi connectivity index (χ3n) is 3.93. The van der Waals surface area contributed by atoms with E-state index in [1.807, 2.05) is 0 Å². The summed E-state index contributed by atoms with van der Waals surface area (Å²) in [5.74, 6) is 2.24. The van der Waals surface area contributed by atoms with E-state index in [9.17, 15) is 0 Å².